The number of hydrogen-bond acceptors (Lipinski definition) is 5. The Balaban J connectivity index is 1.53. The highest BCUT2D eigenvalue weighted by Gasteiger charge is 2.34. The fourth-order valence-electron chi connectivity index (χ4n) is 4.92. The van der Waals surface area contributed by atoms with Crippen molar-refractivity contribution in [2.75, 3.05) is 42.1 Å². The van der Waals surface area contributed by atoms with E-state index < -0.39 is 33.6 Å². The van der Waals surface area contributed by atoms with Crippen molar-refractivity contribution in [1.82, 2.24) is 9.62 Å². The summed E-state index contributed by atoms with van der Waals surface area (Å²) in [4.78, 5) is 16.8. The first-order chi connectivity index (χ1) is 20.4. The molecule has 0 saturated carbocycles. The minimum Gasteiger partial charge on any atom is -0.308 e. The Bertz CT molecular complexity index is 1590. The Hall–Kier alpha value is -3.99. The van der Waals surface area contributed by atoms with Crippen LogP contribution in [0.5, 0.6) is 0 Å². The minimum atomic E-state index is -4.94. The van der Waals surface area contributed by atoms with E-state index in [9.17, 15) is 36.0 Å². The first-order valence-electron chi connectivity index (χ1n) is 13.7. The van der Waals surface area contributed by atoms with Crippen LogP contribution in [0.25, 0.3) is 11.1 Å². The van der Waals surface area contributed by atoms with Gasteiger partial charge in [0.25, 0.3) is 0 Å². The zero-order chi connectivity index (χ0) is 31.2. The van der Waals surface area contributed by atoms with Gasteiger partial charge in [0.15, 0.2) is 0 Å². The highest BCUT2D eigenvalue weighted by Crippen LogP contribution is 2.33. The number of halogens is 4. The lowest BCUT2D eigenvalue weighted by atomic mass is 10.0. The summed E-state index contributed by atoms with van der Waals surface area (Å²) in [7, 11) is -3.39. The second-order valence-electron chi connectivity index (χ2n) is 10.2. The normalized spacial score (nSPS) is 15.7. The van der Waals surface area contributed by atoms with E-state index >= 15 is 0 Å². The van der Waals surface area contributed by atoms with Gasteiger partial charge in [-0.3, -0.25) is 9.80 Å². The van der Waals surface area contributed by atoms with E-state index in [0.29, 0.717) is 55.9 Å². The number of rotatable bonds is 10. The Labute approximate surface area is 248 Å². The van der Waals surface area contributed by atoms with Crippen molar-refractivity contribution < 1.29 is 30.8 Å². The molecule has 2 N–H and O–H groups in total. The van der Waals surface area contributed by atoms with E-state index in [1.165, 1.54) is 4.90 Å². The molecule has 4 rings (SSSR count). The first kappa shape index (κ1) is 31.9. The number of nitrogens with one attached hydrogen (secondary N) is 2. The summed E-state index contributed by atoms with van der Waals surface area (Å²) in [6.07, 6.45) is -3.84. The number of likely N-dealkylation sites (tertiary alicyclic amines) is 1. The van der Waals surface area contributed by atoms with E-state index in [4.69, 9.17) is 0 Å². The number of benzene rings is 3. The van der Waals surface area contributed by atoms with Crippen LogP contribution in [0.2, 0.25) is 0 Å². The molecule has 1 saturated heterocycles. The second-order valence-corrected chi connectivity index (χ2v) is 12.1. The van der Waals surface area contributed by atoms with Crippen LogP contribution in [-0.4, -0.2) is 57.3 Å². The lowest BCUT2D eigenvalue weighted by Gasteiger charge is -2.26. The number of hydrogen-bond donors (Lipinski definition) is 2. The molecule has 43 heavy (non-hydrogen) atoms. The smallest absolute Gasteiger partial charge is 0.308 e. The number of alkyl halides is 3. The van der Waals surface area contributed by atoms with Crippen molar-refractivity contribution in [3.63, 3.8) is 0 Å². The third kappa shape index (κ3) is 8.53. The number of sulfonamides is 1. The van der Waals surface area contributed by atoms with Crippen LogP contribution in [0.1, 0.15) is 30.9 Å². The summed E-state index contributed by atoms with van der Waals surface area (Å²) in [5.74, 6) is -1.41. The summed E-state index contributed by atoms with van der Waals surface area (Å²) in [5, 5.41) is 11.7. The van der Waals surface area contributed by atoms with Crippen LogP contribution in [-0.2, 0) is 16.2 Å². The van der Waals surface area contributed by atoms with Gasteiger partial charge in [-0.2, -0.15) is 18.4 Å². The number of anilines is 2. The van der Waals surface area contributed by atoms with Gasteiger partial charge in [-0.1, -0.05) is 31.2 Å². The Morgan fingerprint density at radius 2 is 1.84 bits per heavy atom. The maximum Gasteiger partial charge on any atom is 0.419 e. The molecule has 0 unspecified atom stereocenters. The third-order valence-electron chi connectivity index (χ3n) is 7.00. The van der Waals surface area contributed by atoms with Gasteiger partial charge < -0.3 is 5.32 Å². The SMILES string of the molecule is CCCS(=O)(=O)N[C@@H]1CCN(CCN(C(=O)Nc2ccc(F)c(C(F)(F)F)c2)c2ccc(-c3cccc(C#N)c3)cc2)C1. The summed E-state index contributed by atoms with van der Waals surface area (Å²) in [5.41, 5.74) is 0.809. The molecule has 1 fully saturated rings. The van der Waals surface area contributed by atoms with E-state index in [2.05, 4.69) is 16.1 Å². The zero-order valence-electron chi connectivity index (χ0n) is 23.4. The molecule has 0 bridgehead atoms. The van der Waals surface area contributed by atoms with Crippen molar-refractivity contribution >= 4 is 27.4 Å². The highest BCUT2D eigenvalue weighted by molar-refractivity contribution is 7.89. The van der Waals surface area contributed by atoms with E-state index in [1.54, 1.807) is 49.4 Å². The molecule has 1 atom stereocenters. The summed E-state index contributed by atoms with van der Waals surface area (Å²) < 4.78 is 80.7. The number of carbonyl (C=O) groups is 1. The Morgan fingerprint density at radius 3 is 2.51 bits per heavy atom. The molecule has 13 heteroatoms. The van der Waals surface area contributed by atoms with Crippen molar-refractivity contribution in [3.05, 3.63) is 83.7 Å². The van der Waals surface area contributed by atoms with Crippen LogP contribution in [0.3, 0.4) is 0 Å². The maximum absolute atomic E-state index is 13.8. The minimum absolute atomic E-state index is 0.0354. The van der Waals surface area contributed by atoms with Crippen molar-refractivity contribution in [2.24, 2.45) is 0 Å². The van der Waals surface area contributed by atoms with Crippen LogP contribution in [0.15, 0.2) is 66.7 Å². The number of urea groups is 1. The van der Waals surface area contributed by atoms with Gasteiger partial charge in [0, 0.05) is 37.1 Å². The summed E-state index contributed by atoms with van der Waals surface area (Å²) in [6.45, 7) is 3.32. The molecule has 3 aromatic rings. The van der Waals surface area contributed by atoms with Gasteiger partial charge in [0.2, 0.25) is 10.0 Å². The predicted octanol–water partition coefficient (Wildman–Crippen LogP) is 5.83. The lowest BCUT2D eigenvalue weighted by Crippen LogP contribution is -2.42. The van der Waals surface area contributed by atoms with Gasteiger partial charge in [-0.05, 0) is 73.0 Å². The molecular weight excluding hydrogens is 586 g/mol. The standard InChI is InChI=1S/C30H31F4N5O3S/c1-2-16-43(41,42)37-25-12-13-38(20-25)14-15-39(29(40)36-24-8-11-28(31)27(18-24)30(32,33)34)26-9-6-22(7-10-26)23-5-3-4-21(17-23)19-35/h3-11,17-18,25,37H,2,12-16,20H2,1H3,(H,36,40)/t25-/m1/s1. The topological polar surface area (TPSA) is 106 Å². The van der Waals surface area contributed by atoms with Gasteiger partial charge in [-0.15, -0.1) is 0 Å². The highest BCUT2D eigenvalue weighted by atomic mass is 32.2. The van der Waals surface area contributed by atoms with Crippen molar-refractivity contribution in [3.8, 4) is 17.2 Å². The van der Waals surface area contributed by atoms with Crippen LogP contribution < -0.4 is 14.9 Å². The molecule has 8 nitrogen and oxygen atoms in total. The number of amides is 2. The van der Waals surface area contributed by atoms with Crippen molar-refractivity contribution in [1.29, 1.82) is 5.26 Å². The van der Waals surface area contributed by atoms with Gasteiger partial charge in [0.1, 0.15) is 5.82 Å². The van der Waals surface area contributed by atoms with Crippen LogP contribution >= 0.6 is 0 Å². The molecule has 0 aromatic heterocycles. The maximum atomic E-state index is 13.8. The Kier molecular flexibility index (Phi) is 10.1. The molecule has 3 aromatic carbocycles. The molecule has 0 radical (unpaired) electrons. The number of carbonyl (C=O) groups excluding carboxylic acids is 1. The Morgan fingerprint density at radius 1 is 1.09 bits per heavy atom. The number of nitrogens with zero attached hydrogens (tertiary/aromatic N) is 3. The molecular formula is C30H31F4N5O3S. The quantitative estimate of drug-likeness (QED) is 0.279. The fraction of sp³-hybridized carbons (Fsp3) is 0.333. The van der Waals surface area contributed by atoms with Gasteiger partial charge >= 0.3 is 12.2 Å². The lowest BCUT2D eigenvalue weighted by molar-refractivity contribution is -0.139. The summed E-state index contributed by atoms with van der Waals surface area (Å²) >= 11 is 0. The second kappa shape index (κ2) is 13.5. The van der Waals surface area contributed by atoms with E-state index in [-0.39, 0.29) is 24.0 Å². The van der Waals surface area contributed by atoms with E-state index in [1.807, 2.05) is 11.0 Å². The zero-order valence-corrected chi connectivity index (χ0v) is 24.2. The number of nitriles is 1. The molecule has 2 amide bonds. The first-order valence-corrected chi connectivity index (χ1v) is 15.3. The average molecular weight is 618 g/mol. The van der Waals surface area contributed by atoms with Crippen LogP contribution in [0, 0.1) is 17.1 Å². The fourth-order valence-corrected chi connectivity index (χ4v) is 6.27. The third-order valence-corrected chi connectivity index (χ3v) is 8.64. The average Bonchev–Trinajstić information content (AvgIpc) is 3.40. The van der Waals surface area contributed by atoms with E-state index in [0.717, 1.165) is 17.2 Å². The van der Waals surface area contributed by atoms with Crippen LogP contribution in [0.4, 0.5) is 33.7 Å². The predicted molar refractivity (Wildman–Crippen MR) is 156 cm³/mol. The molecule has 228 valence electrons. The van der Waals surface area contributed by atoms with Gasteiger partial charge in [-0.25, -0.2) is 22.3 Å². The largest absolute Gasteiger partial charge is 0.419 e. The van der Waals surface area contributed by atoms with Crippen molar-refractivity contribution in [2.45, 2.75) is 32.0 Å². The monoisotopic (exact) mass is 617 g/mol. The molecule has 1 aliphatic heterocycles. The summed E-state index contributed by atoms with van der Waals surface area (Å²) in [6, 6.07) is 17.3. The molecule has 0 aliphatic carbocycles. The van der Waals surface area contributed by atoms with Gasteiger partial charge in [0.05, 0.1) is 22.9 Å². The molecule has 0 spiro atoms. The molecule has 1 aliphatic rings. The molecule has 1 heterocycles.